The summed E-state index contributed by atoms with van der Waals surface area (Å²) < 4.78 is 10.9. The van der Waals surface area contributed by atoms with Crippen molar-refractivity contribution in [3.8, 4) is 11.5 Å². The van der Waals surface area contributed by atoms with Crippen molar-refractivity contribution in [3.05, 3.63) is 22.8 Å². The lowest BCUT2D eigenvalue weighted by molar-refractivity contribution is 0.361. The zero-order chi connectivity index (χ0) is 13.2. The summed E-state index contributed by atoms with van der Waals surface area (Å²) in [5, 5.41) is 0. The molecule has 0 aliphatic rings. The fourth-order valence-electron chi connectivity index (χ4n) is 1.82. The number of hydrogen-bond donors (Lipinski definition) is 0. The van der Waals surface area contributed by atoms with E-state index in [1.807, 2.05) is 27.1 Å². The number of benzene rings is 1. The largest absolute Gasteiger partial charge is 0.496 e. The fourth-order valence-corrected chi connectivity index (χ4v) is 2.16. The van der Waals surface area contributed by atoms with Crippen molar-refractivity contribution < 1.29 is 9.47 Å². The minimum absolute atomic E-state index is 0.102. The van der Waals surface area contributed by atoms with Gasteiger partial charge in [0.15, 0.2) is 0 Å². The average molecular weight is 302 g/mol. The van der Waals surface area contributed by atoms with Crippen LogP contribution in [0.3, 0.4) is 0 Å². The maximum atomic E-state index is 5.52. The zero-order valence-corrected chi connectivity index (χ0v) is 12.9. The first-order chi connectivity index (χ1) is 7.93. The smallest absolute Gasteiger partial charge is 0.127 e. The van der Waals surface area contributed by atoms with Gasteiger partial charge >= 0.3 is 0 Å². The lowest BCUT2D eigenvalue weighted by Gasteiger charge is -2.23. The summed E-state index contributed by atoms with van der Waals surface area (Å²) in [6, 6.07) is 2.03. The Morgan fingerprint density at radius 3 is 2.12 bits per heavy atom. The Bertz CT molecular complexity index is 405. The Labute approximate surface area is 112 Å². The van der Waals surface area contributed by atoms with E-state index in [-0.39, 0.29) is 4.95 Å². The molecule has 4 heteroatoms. The molecule has 0 fully saturated rings. The van der Waals surface area contributed by atoms with E-state index in [0.717, 1.165) is 28.2 Å². The molecule has 1 atom stereocenters. The molecule has 17 heavy (non-hydrogen) atoms. The number of methoxy groups -OCH3 is 2. The highest BCUT2D eigenvalue weighted by Gasteiger charge is 2.20. The van der Waals surface area contributed by atoms with Crippen LogP contribution in [-0.2, 0) is 0 Å². The van der Waals surface area contributed by atoms with Crippen LogP contribution in [0.2, 0.25) is 0 Å². The number of rotatable bonds is 4. The van der Waals surface area contributed by atoms with Crippen LogP contribution in [0.5, 0.6) is 11.5 Å². The Hall–Kier alpha value is -0.740. The lowest BCUT2D eigenvalue weighted by Crippen LogP contribution is -2.16. The van der Waals surface area contributed by atoms with E-state index in [1.54, 1.807) is 14.2 Å². The molecule has 0 amide bonds. The van der Waals surface area contributed by atoms with Gasteiger partial charge in [-0.15, -0.1) is 0 Å². The molecular formula is C13H20BrNO2. The van der Waals surface area contributed by atoms with Crippen molar-refractivity contribution in [1.82, 2.24) is 4.90 Å². The molecule has 0 radical (unpaired) electrons. The van der Waals surface area contributed by atoms with Crippen molar-refractivity contribution in [2.45, 2.75) is 18.8 Å². The van der Waals surface area contributed by atoms with Crippen LogP contribution >= 0.6 is 15.9 Å². The van der Waals surface area contributed by atoms with Crippen molar-refractivity contribution in [2.75, 3.05) is 28.3 Å². The highest BCUT2D eigenvalue weighted by molar-refractivity contribution is 9.09. The number of hydrogen-bond acceptors (Lipinski definition) is 3. The third-order valence-electron chi connectivity index (χ3n) is 2.96. The van der Waals surface area contributed by atoms with E-state index in [2.05, 4.69) is 27.8 Å². The van der Waals surface area contributed by atoms with Gasteiger partial charge < -0.3 is 9.47 Å². The van der Waals surface area contributed by atoms with Crippen LogP contribution in [0.1, 0.15) is 21.6 Å². The van der Waals surface area contributed by atoms with Gasteiger partial charge in [0.05, 0.1) is 19.2 Å². The van der Waals surface area contributed by atoms with Gasteiger partial charge in [-0.05, 0) is 45.1 Å². The highest BCUT2D eigenvalue weighted by atomic mass is 79.9. The predicted molar refractivity (Wildman–Crippen MR) is 74.4 cm³/mol. The molecule has 0 bridgehead atoms. The van der Waals surface area contributed by atoms with Crippen LogP contribution in [-0.4, -0.2) is 33.2 Å². The van der Waals surface area contributed by atoms with Gasteiger partial charge in [-0.25, -0.2) is 0 Å². The van der Waals surface area contributed by atoms with Crippen LogP contribution in [0.25, 0.3) is 0 Å². The number of alkyl halides is 1. The molecule has 0 aromatic heterocycles. The minimum Gasteiger partial charge on any atom is -0.496 e. The second-order valence-corrected chi connectivity index (χ2v) is 5.12. The Kier molecular flexibility index (Phi) is 4.83. The first-order valence-electron chi connectivity index (χ1n) is 5.46. The molecular weight excluding hydrogens is 282 g/mol. The van der Waals surface area contributed by atoms with Crippen molar-refractivity contribution in [3.63, 3.8) is 0 Å². The van der Waals surface area contributed by atoms with Gasteiger partial charge in [-0.3, -0.25) is 4.90 Å². The van der Waals surface area contributed by atoms with Crippen molar-refractivity contribution in [1.29, 1.82) is 0 Å². The monoisotopic (exact) mass is 301 g/mol. The first-order valence-corrected chi connectivity index (χ1v) is 6.38. The summed E-state index contributed by atoms with van der Waals surface area (Å²) in [6.45, 7) is 4.09. The summed E-state index contributed by atoms with van der Waals surface area (Å²) in [6.07, 6.45) is 0. The predicted octanol–water partition coefficient (Wildman–Crippen LogP) is 3.28. The molecule has 0 aliphatic heterocycles. The van der Waals surface area contributed by atoms with E-state index < -0.39 is 0 Å². The second kappa shape index (κ2) is 5.74. The highest BCUT2D eigenvalue weighted by Crippen LogP contribution is 2.40. The van der Waals surface area contributed by atoms with E-state index in [1.165, 1.54) is 0 Å². The molecule has 0 saturated heterocycles. The van der Waals surface area contributed by atoms with E-state index in [4.69, 9.17) is 9.47 Å². The van der Waals surface area contributed by atoms with Gasteiger partial charge in [0.2, 0.25) is 0 Å². The maximum Gasteiger partial charge on any atom is 0.127 e. The standard InChI is InChI=1S/C13H20BrNO2/c1-8-9(2)12(17-6)10(7-11(8)16-5)13(14)15(3)4/h7,13H,1-6H3. The van der Waals surface area contributed by atoms with Gasteiger partial charge in [0.25, 0.3) is 0 Å². The minimum atomic E-state index is 0.102. The Morgan fingerprint density at radius 1 is 1.12 bits per heavy atom. The molecule has 1 aromatic rings. The van der Waals surface area contributed by atoms with Crippen LogP contribution in [0.4, 0.5) is 0 Å². The summed E-state index contributed by atoms with van der Waals surface area (Å²) in [5.74, 6) is 1.81. The number of ether oxygens (including phenoxy) is 2. The average Bonchev–Trinajstić information content (AvgIpc) is 2.31. The molecule has 0 spiro atoms. The van der Waals surface area contributed by atoms with E-state index in [9.17, 15) is 0 Å². The normalized spacial score (nSPS) is 12.7. The summed E-state index contributed by atoms with van der Waals surface area (Å²) >= 11 is 3.65. The number of nitrogens with zero attached hydrogens (tertiary/aromatic N) is 1. The van der Waals surface area contributed by atoms with Crippen LogP contribution in [0.15, 0.2) is 6.07 Å². The molecule has 3 nitrogen and oxygen atoms in total. The van der Waals surface area contributed by atoms with E-state index >= 15 is 0 Å². The summed E-state index contributed by atoms with van der Waals surface area (Å²) in [4.78, 5) is 2.18. The van der Waals surface area contributed by atoms with Crippen molar-refractivity contribution in [2.24, 2.45) is 0 Å². The van der Waals surface area contributed by atoms with E-state index in [0.29, 0.717) is 0 Å². The fraction of sp³-hybridized carbons (Fsp3) is 0.538. The Morgan fingerprint density at radius 2 is 1.71 bits per heavy atom. The third kappa shape index (κ3) is 2.75. The SMILES string of the molecule is COc1cc(C(Br)N(C)C)c(OC)c(C)c1C. The second-order valence-electron chi connectivity index (χ2n) is 4.25. The molecule has 0 N–H and O–H groups in total. The van der Waals surface area contributed by atoms with Gasteiger partial charge in [0.1, 0.15) is 11.5 Å². The van der Waals surface area contributed by atoms with Gasteiger partial charge in [-0.1, -0.05) is 15.9 Å². The Balaban J connectivity index is 3.42. The molecule has 1 aromatic carbocycles. The van der Waals surface area contributed by atoms with Crippen LogP contribution < -0.4 is 9.47 Å². The van der Waals surface area contributed by atoms with Crippen molar-refractivity contribution >= 4 is 15.9 Å². The molecule has 96 valence electrons. The molecule has 1 rings (SSSR count). The molecule has 1 unspecified atom stereocenters. The molecule has 0 aliphatic carbocycles. The first kappa shape index (κ1) is 14.3. The molecule has 0 heterocycles. The van der Waals surface area contributed by atoms with Gasteiger partial charge in [0, 0.05) is 5.56 Å². The molecule has 0 saturated carbocycles. The third-order valence-corrected chi connectivity index (χ3v) is 4.27. The zero-order valence-electron chi connectivity index (χ0n) is 11.3. The quantitative estimate of drug-likeness (QED) is 0.629. The lowest BCUT2D eigenvalue weighted by atomic mass is 10.0. The maximum absolute atomic E-state index is 5.52. The van der Waals surface area contributed by atoms with Gasteiger partial charge in [-0.2, -0.15) is 0 Å². The number of halogens is 1. The summed E-state index contributed by atoms with van der Waals surface area (Å²) in [7, 11) is 7.42. The van der Waals surface area contributed by atoms with Crippen LogP contribution in [0, 0.1) is 13.8 Å². The summed E-state index contributed by atoms with van der Waals surface area (Å²) in [5.41, 5.74) is 3.32. The topological polar surface area (TPSA) is 21.7 Å².